The SMILES string of the molecule is CCCCCCCCCCn1nnnc1CNCCOC. The van der Waals surface area contributed by atoms with Crippen LogP contribution in [0.2, 0.25) is 0 Å². The number of aromatic nitrogens is 4. The van der Waals surface area contributed by atoms with Crippen molar-refractivity contribution in [3.63, 3.8) is 0 Å². The quantitative estimate of drug-likeness (QED) is 0.535. The van der Waals surface area contributed by atoms with E-state index in [0.29, 0.717) is 13.2 Å². The molecule has 1 aromatic heterocycles. The average molecular weight is 297 g/mol. The molecule has 0 spiro atoms. The van der Waals surface area contributed by atoms with Gasteiger partial charge < -0.3 is 10.1 Å². The maximum Gasteiger partial charge on any atom is 0.165 e. The lowest BCUT2D eigenvalue weighted by molar-refractivity contribution is 0.198. The highest BCUT2D eigenvalue weighted by Crippen LogP contribution is 2.09. The van der Waals surface area contributed by atoms with Crippen molar-refractivity contribution in [3.8, 4) is 0 Å². The van der Waals surface area contributed by atoms with Crippen LogP contribution >= 0.6 is 0 Å². The lowest BCUT2D eigenvalue weighted by atomic mass is 10.1. The normalized spacial score (nSPS) is 11.1. The summed E-state index contributed by atoms with van der Waals surface area (Å²) in [6.07, 6.45) is 10.6. The first-order valence-electron chi connectivity index (χ1n) is 8.33. The Bertz CT molecular complexity index is 343. The number of hydrogen-bond acceptors (Lipinski definition) is 5. The van der Waals surface area contributed by atoms with Crippen LogP contribution in [-0.2, 0) is 17.8 Å². The summed E-state index contributed by atoms with van der Waals surface area (Å²) >= 11 is 0. The number of rotatable bonds is 14. The van der Waals surface area contributed by atoms with Gasteiger partial charge in [0.15, 0.2) is 5.82 Å². The minimum Gasteiger partial charge on any atom is -0.383 e. The Morgan fingerprint density at radius 2 is 1.76 bits per heavy atom. The maximum absolute atomic E-state index is 5.00. The van der Waals surface area contributed by atoms with Crippen molar-refractivity contribution in [2.45, 2.75) is 71.4 Å². The number of methoxy groups -OCH3 is 1. The van der Waals surface area contributed by atoms with Crippen LogP contribution < -0.4 is 5.32 Å². The van der Waals surface area contributed by atoms with Gasteiger partial charge in [-0.05, 0) is 16.8 Å². The standard InChI is InChI=1S/C15H31N5O/c1-3-4-5-6-7-8-9-10-12-20-15(17-18-19-20)14-16-11-13-21-2/h16H,3-14H2,1-2H3. The molecule has 0 aliphatic rings. The first-order valence-corrected chi connectivity index (χ1v) is 8.33. The average Bonchev–Trinajstić information content (AvgIpc) is 2.94. The fourth-order valence-electron chi connectivity index (χ4n) is 2.29. The zero-order chi connectivity index (χ0) is 15.2. The summed E-state index contributed by atoms with van der Waals surface area (Å²) in [5.74, 6) is 0.911. The second kappa shape index (κ2) is 12.7. The third-order valence-electron chi connectivity index (χ3n) is 3.60. The molecule has 1 aromatic rings. The predicted molar refractivity (Wildman–Crippen MR) is 84.0 cm³/mol. The molecule has 6 nitrogen and oxygen atoms in total. The van der Waals surface area contributed by atoms with Gasteiger partial charge in [0.05, 0.1) is 13.2 Å². The molecule has 0 aliphatic carbocycles. The highest BCUT2D eigenvalue weighted by Gasteiger charge is 2.04. The van der Waals surface area contributed by atoms with Crippen LogP contribution in [0.15, 0.2) is 0 Å². The molecule has 6 heteroatoms. The molecule has 21 heavy (non-hydrogen) atoms. The van der Waals surface area contributed by atoms with Gasteiger partial charge >= 0.3 is 0 Å². The van der Waals surface area contributed by atoms with Crippen molar-refractivity contribution >= 4 is 0 Å². The molecule has 0 aliphatic heterocycles. The number of aryl methyl sites for hydroxylation is 1. The van der Waals surface area contributed by atoms with Crippen LogP contribution in [0, 0.1) is 0 Å². The molecule has 122 valence electrons. The number of tetrazole rings is 1. The van der Waals surface area contributed by atoms with Crippen LogP contribution in [0.3, 0.4) is 0 Å². The molecule has 0 saturated carbocycles. The molecule has 0 atom stereocenters. The number of ether oxygens (including phenoxy) is 1. The summed E-state index contributed by atoms with van der Waals surface area (Å²) in [5.41, 5.74) is 0. The zero-order valence-electron chi connectivity index (χ0n) is 13.7. The van der Waals surface area contributed by atoms with Crippen LogP contribution in [0.4, 0.5) is 0 Å². The third-order valence-corrected chi connectivity index (χ3v) is 3.60. The van der Waals surface area contributed by atoms with Gasteiger partial charge in [-0.25, -0.2) is 4.68 Å². The fourth-order valence-corrected chi connectivity index (χ4v) is 2.29. The smallest absolute Gasteiger partial charge is 0.165 e. The topological polar surface area (TPSA) is 64.9 Å². The Morgan fingerprint density at radius 3 is 2.48 bits per heavy atom. The van der Waals surface area contributed by atoms with Crippen LogP contribution in [0.1, 0.15) is 64.1 Å². The monoisotopic (exact) mass is 297 g/mol. The minimum atomic E-state index is 0.702. The summed E-state index contributed by atoms with van der Waals surface area (Å²) in [6.45, 7) is 5.41. The van der Waals surface area contributed by atoms with Crippen LogP contribution in [0.25, 0.3) is 0 Å². The van der Waals surface area contributed by atoms with Crippen molar-refractivity contribution in [2.24, 2.45) is 0 Å². The van der Waals surface area contributed by atoms with E-state index in [2.05, 4.69) is 27.8 Å². The van der Waals surface area contributed by atoms with Crippen molar-refractivity contribution in [1.82, 2.24) is 25.5 Å². The van der Waals surface area contributed by atoms with E-state index in [9.17, 15) is 0 Å². The molecular weight excluding hydrogens is 266 g/mol. The summed E-state index contributed by atoms with van der Waals surface area (Å²) < 4.78 is 6.91. The molecule has 1 heterocycles. The van der Waals surface area contributed by atoms with Gasteiger partial charge in [-0.1, -0.05) is 51.9 Å². The second-order valence-corrected chi connectivity index (χ2v) is 5.46. The van der Waals surface area contributed by atoms with Gasteiger partial charge in [0.25, 0.3) is 0 Å². The Balaban J connectivity index is 2.05. The Hall–Kier alpha value is -1.01. The van der Waals surface area contributed by atoms with Crippen molar-refractivity contribution in [3.05, 3.63) is 5.82 Å². The molecular formula is C15H31N5O. The largest absolute Gasteiger partial charge is 0.383 e. The molecule has 1 N–H and O–H groups in total. The van der Waals surface area contributed by atoms with E-state index < -0.39 is 0 Å². The number of hydrogen-bond donors (Lipinski definition) is 1. The van der Waals surface area contributed by atoms with Gasteiger partial charge in [0, 0.05) is 20.2 Å². The lowest BCUT2D eigenvalue weighted by Crippen LogP contribution is -2.21. The van der Waals surface area contributed by atoms with Gasteiger partial charge in [-0.2, -0.15) is 0 Å². The second-order valence-electron chi connectivity index (χ2n) is 5.46. The minimum absolute atomic E-state index is 0.702. The van der Waals surface area contributed by atoms with E-state index in [1.165, 1.54) is 44.9 Å². The summed E-state index contributed by atoms with van der Waals surface area (Å²) in [5, 5.41) is 15.2. The van der Waals surface area contributed by atoms with Crippen molar-refractivity contribution < 1.29 is 4.74 Å². The molecule has 0 aromatic carbocycles. The van der Waals surface area contributed by atoms with E-state index in [1.807, 2.05) is 4.68 Å². The van der Waals surface area contributed by atoms with Crippen LogP contribution in [0.5, 0.6) is 0 Å². The highest BCUT2D eigenvalue weighted by atomic mass is 16.5. The molecule has 0 radical (unpaired) electrons. The number of nitrogens with one attached hydrogen (secondary N) is 1. The Labute approximate surface area is 128 Å². The van der Waals surface area contributed by atoms with Gasteiger partial charge in [0.2, 0.25) is 0 Å². The first-order chi connectivity index (χ1) is 10.4. The van der Waals surface area contributed by atoms with Crippen LogP contribution in [-0.4, -0.2) is 40.5 Å². The first kappa shape index (κ1) is 18.0. The molecule has 0 amide bonds. The van der Waals surface area contributed by atoms with Gasteiger partial charge in [-0.15, -0.1) is 5.10 Å². The van der Waals surface area contributed by atoms with E-state index in [-0.39, 0.29) is 0 Å². The Kier molecular flexibility index (Phi) is 10.9. The summed E-state index contributed by atoms with van der Waals surface area (Å²) in [6, 6.07) is 0. The maximum atomic E-state index is 5.00. The number of unbranched alkanes of at least 4 members (excludes halogenated alkanes) is 7. The molecule has 0 fully saturated rings. The Morgan fingerprint density at radius 1 is 1.05 bits per heavy atom. The zero-order valence-corrected chi connectivity index (χ0v) is 13.7. The van der Waals surface area contributed by atoms with E-state index in [4.69, 9.17) is 4.74 Å². The molecule has 0 bridgehead atoms. The van der Waals surface area contributed by atoms with Gasteiger partial charge in [0.1, 0.15) is 0 Å². The van der Waals surface area contributed by atoms with E-state index >= 15 is 0 Å². The van der Waals surface area contributed by atoms with Crippen molar-refractivity contribution in [2.75, 3.05) is 20.3 Å². The highest BCUT2D eigenvalue weighted by molar-refractivity contribution is 4.79. The molecule has 1 rings (SSSR count). The molecule has 0 unspecified atom stereocenters. The van der Waals surface area contributed by atoms with Crippen molar-refractivity contribution in [1.29, 1.82) is 0 Å². The fraction of sp³-hybridized carbons (Fsp3) is 0.933. The number of nitrogens with zero attached hydrogens (tertiary/aromatic N) is 4. The summed E-state index contributed by atoms with van der Waals surface area (Å²) in [4.78, 5) is 0. The predicted octanol–water partition coefficient (Wildman–Crippen LogP) is 2.55. The third kappa shape index (κ3) is 8.78. The molecule has 0 saturated heterocycles. The lowest BCUT2D eigenvalue weighted by Gasteiger charge is -2.06. The van der Waals surface area contributed by atoms with E-state index in [1.54, 1.807) is 7.11 Å². The van der Waals surface area contributed by atoms with E-state index in [0.717, 1.165) is 25.3 Å². The summed E-state index contributed by atoms with van der Waals surface area (Å²) in [7, 11) is 1.70. The van der Waals surface area contributed by atoms with Gasteiger partial charge in [-0.3, -0.25) is 0 Å².